The van der Waals surface area contributed by atoms with Gasteiger partial charge in [0.2, 0.25) is 0 Å². The van der Waals surface area contributed by atoms with Gasteiger partial charge in [0.05, 0.1) is 6.61 Å². The summed E-state index contributed by atoms with van der Waals surface area (Å²) < 4.78 is 10.2. The van der Waals surface area contributed by atoms with Crippen LogP contribution < -0.4 is 5.32 Å². The molecule has 1 rings (SSSR count). The number of alkyl carbamates (subject to hydrolysis) is 1. The van der Waals surface area contributed by atoms with E-state index in [9.17, 15) is 9.59 Å². The first kappa shape index (κ1) is 15.0. The third-order valence-corrected chi connectivity index (χ3v) is 2.70. The van der Waals surface area contributed by atoms with E-state index in [0.29, 0.717) is 0 Å². The molecule has 18 heavy (non-hydrogen) atoms. The monoisotopic (exact) mass is 257 g/mol. The smallest absolute Gasteiger partial charge is 0.408 e. The van der Waals surface area contributed by atoms with E-state index in [4.69, 9.17) is 9.47 Å². The topological polar surface area (TPSA) is 64.6 Å². The van der Waals surface area contributed by atoms with Gasteiger partial charge in [-0.3, -0.25) is 4.79 Å². The Morgan fingerprint density at radius 1 is 1.22 bits per heavy atom. The van der Waals surface area contributed by atoms with Crippen LogP contribution in [0.4, 0.5) is 4.79 Å². The molecule has 0 saturated heterocycles. The van der Waals surface area contributed by atoms with E-state index in [0.717, 1.165) is 12.8 Å². The van der Waals surface area contributed by atoms with Gasteiger partial charge in [-0.1, -0.05) is 0 Å². The van der Waals surface area contributed by atoms with Gasteiger partial charge in [0.1, 0.15) is 11.1 Å². The fourth-order valence-electron chi connectivity index (χ4n) is 1.78. The summed E-state index contributed by atoms with van der Waals surface area (Å²) in [7, 11) is 1.51. The van der Waals surface area contributed by atoms with Crippen molar-refractivity contribution in [2.75, 3.05) is 13.7 Å². The largest absolute Gasteiger partial charge is 0.444 e. The van der Waals surface area contributed by atoms with Crippen LogP contribution >= 0.6 is 0 Å². The van der Waals surface area contributed by atoms with Crippen molar-refractivity contribution in [2.24, 2.45) is 5.92 Å². The molecule has 1 atom stereocenters. The average Bonchev–Trinajstić information content (AvgIpc) is 2.96. The van der Waals surface area contributed by atoms with Crippen LogP contribution in [-0.2, 0) is 14.3 Å². The van der Waals surface area contributed by atoms with E-state index >= 15 is 0 Å². The minimum absolute atomic E-state index is 0.0233. The summed E-state index contributed by atoms with van der Waals surface area (Å²) in [4.78, 5) is 23.9. The first-order valence-electron chi connectivity index (χ1n) is 6.22. The maximum absolute atomic E-state index is 12.2. The molecular weight excluding hydrogens is 234 g/mol. The molecule has 0 aliphatic heterocycles. The standard InChI is InChI=1S/C13H23NO4/c1-12(2,3)18-11(16)14-13(4,8-17-5)10(15)9-6-7-9/h9H,6-8H2,1-5H3,(H,14,16). The van der Waals surface area contributed by atoms with Crippen molar-refractivity contribution >= 4 is 11.9 Å². The van der Waals surface area contributed by atoms with Gasteiger partial charge >= 0.3 is 6.09 Å². The molecule has 1 N–H and O–H groups in total. The highest BCUT2D eigenvalue weighted by Gasteiger charge is 2.44. The molecule has 5 nitrogen and oxygen atoms in total. The minimum atomic E-state index is -1.00. The number of methoxy groups -OCH3 is 1. The fourth-order valence-corrected chi connectivity index (χ4v) is 1.78. The van der Waals surface area contributed by atoms with Gasteiger partial charge in [-0.2, -0.15) is 0 Å². The van der Waals surface area contributed by atoms with Gasteiger partial charge in [-0.05, 0) is 40.5 Å². The molecule has 1 saturated carbocycles. The Hall–Kier alpha value is -1.10. The number of carbonyl (C=O) groups is 2. The summed E-state index contributed by atoms with van der Waals surface area (Å²) in [5.41, 5.74) is -1.58. The highest BCUT2D eigenvalue weighted by molar-refractivity contribution is 5.94. The predicted molar refractivity (Wildman–Crippen MR) is 67.4 cm³/mol. The molecule has 1 fully saturated rings. The van der Waals surface area contributed by atoms with Crippen molar-refractivity contribution in [2.45, 2.75) is 51.7 Å². The number of ether oxygens (including phenoxy) is 2. The average molecular weight is 257 g/mol. The maximum Gasteiger partial charge on any atom is 0.408 e. The molecule has 0 aromatic carbocycles. The number of nitrogens with one attached hydrogen (secondary N) is 1. The van der Waals surface area contributed by atoms with Crippen LogP contribution in [0.5, 0.6) is 0 Å². The van der Waals surface area contributed by atoms with Gasteiger partial charge in [-0.15, -0.1) is 0 Å². The van der Waals surface area contributed by atoms with Crippen molar-refractivity contribution in [3.8, 4) is 0 Å². The van der Waals surface area contributed by atoms with Gasteiger partial charge in [-0.25, -0.2) is 4.79 Å². The predicted octanol–water partition coefficient (Wildman–Crippen LogP) is 1.90. The van der Waals surface area contributed by atoms with Crippen molar-refractivity contribution in [1.82, 2.24) is 5.32 Å². The van der Waals surface area contributed by atoms with Crippen LogP contribution in [0.3, 0.4) is 0 Å². The Balaban J connectivity index is 2.66. The SMILES string of the molecule is COCC(C)(NC(=O)OC(C)(C)C)C(=O)C1CC1. The second-order valence-electron chi connectivity index (χ2n) is 6.03. The molecule has 0 aromatic heterocycles. The van der Waals surface area contributed by atoms with Gasteiger partial charge in [0.15, 0.2) is 5.78 Å². The lowest BCUT2D eigenvalue weighted by Crippen LogP contribution is -2.56. The molecule has 1 aliphatic rings. The van der Waals surface area contributed by atoms with Crippen LogP contribution in [-0.4, -0.2) is 36.7 Å². The van der Waals surface area contributed by atoms with E-state index in [2.05, 4.69) is 5.32 Å². The molecule has 1 unspecified atom stereocenters. The zero-order valence-corrected chi connectivity index (χ0v) is 11.8. The second-order valence-corrected chi connectivity index (χ2v) is 6.03. The quantitative estimate of drug-likeness (QED) is 0.817. The molecule has 1 amide bonds. The number of hydrogen-bond acceptors (Lipinski definition) is 4. The summed E-state index contributed by atoms with van der Waals surface area (Å²) in [6.07, 6.45) is 1.21. The van der Waals surface area contributed by atoms with E-state index in [-0.39, 0.29) is 18.3 Å². The van der Waals surface area contributed by atoms with Gasteiger partial charge in [0, 0.05) is 13.0 Å². The van der Waals surface area contributed by atoms with Crippen LogP contribution in [0.1, 0.15) is 40.5 Å². The van der Waals surface area contributed by atoms with E-state index in [1.807, 2.05) is 0 Å². The summed E-state index contributed by atoms with van der Waals surface area (Å²) in [6.45, 7) is 7.18. The van der Waals surface area contributed by atoms with Crippen LogP contribution in [0.15, 0.2) is 0 Å². The lowest BCUT2D eigenvalue weighted by atomic mass is 9.94. The molecule has 5 heteroatoms. The number of amides is 1. The summed E-state index contributed by atoms with van der Waals surface area (Å²) >= 11 is 0. The molecule has 0 heterocycles. The van der Waals surface area contributed by atoms with E-state index in [1.54, 1.807) is 27.7 Å². The highest BCUT2D eigenvalue weighted by atomic mass is 16.6. The third-order valence-electron chi connectivity index (χ3n) is 2.70. The van der Waals surface area contributed by atoms with Crippen LogP contribution in [0, 0.1) is 5.92 Å². The normalized spacial score (nSPS) is 18.9. The highest BCUT2D eigenvalue weighted by Crippen LogP contribution is 2.34. The first-order chi connectivity index (χ1) is 8.18. The first-order valence-corrected chi connectivity index (χ1v) is 6.22. The Morgan fingerprint density at radius 3 is 2.17 bits per heavy atom. The molecule has 0 radical (unpaired) electrons. The number of rotatable bonds is 5. The number of carbonyl (C=O) groups excluding carboxylic acids is 2. The zero-order chi connectivity index (χ0) is 14.0. The zero-order valence-electron chi connectivity index (χ0n) is 11.8. The maximum atomic E-state index is 12.2. The van der Waals surface area contributed by atoms with Crippen molar-refractivity contribution in [3.63, 3.8) is 0 Å². The van der Waals surface area contributed by atoms with E-state index in [1.165, 1.54) is 7.11 Å². The molecule has 1 aliphatic carbocycles. The van der Waals surface area contributed by atoms with Gasteiger partial charge in [0.25, 0.3) is 0 Å². The summed E-state index contributed by atoms with van der Waals surface area (Å²) in [5.74, 6) is 0.0790. The summed E-state index contributed by atoms with van der Waals surface area (Å²) in [6, 6.07) is 0. The van der Waals surface area contributed by atoms with E-state index < -0.39 is 17.2 Å². The Kier molecular flexibility index (Phi) is 4.37. The molecule has 0 spiro atoms. The second kappa shape index (κ2) is 5.26. The Labute approximate surface area is 108 Å². The Morgan fingerprint density at radius 2 is 1.78 bits per heavy atom. The number of Topliss-reactive ketones (excluding diaryl/α,β-unsaturated/α-hetero) is 1. The molecule has 104 valence electrons. The lowest BCUT2D eigenvalue weighted by Gasteiger charge is -2.30. The number of ketones is 1. The van der Waals surface area contributed by atoms with Crippen molar-refractivity contribution in [1.29, 1.82) is 0 Å². The van der Waals surface area contributed by atoms with Crippen molar-refractivity contribution in [3.05, 3.63) is 0 Å². The third kappa shape index (κ3) is 4.29. The Bertz CT molecular complexity index is 330. The number of hydrogen-bond donors (Lipinski definition) is 1. The fraction of sp³-hybridized carbons (Fsp3) is 0.846. The summed E-state index contributed by atoms with van der Waals surface area (Å²) in [5, 5.41) is 2.64. The molecule has 0 bridgehead atoms. The minimum Gasteiger partial charge on any atom is -0.444 e. The van der Waals surface area contributed by atoms with Crippen LogP contribution in [0.25, 0.3) is 0 Å². The molecular formula is C13H23NO4. The van der Waals surface area contributed by atoms with Crippen LogP contribution in [0.2, 0.25) is 0 Å². The lowest BCUT2D eigenvalue weighted by molar-refractivity contribution is -0.128. The molecule has 0 aromatic rings. The van der Waals surface area contributed by atoms with Gasteiger partial charge < -0.3 is 14.8 Å². The van der Waals surface area contributed by atoms with Crippen molar-refractivity contribution < 1.29 is 19.1 Å².